The molecule has 0 aliphatic rings. The Morgan fingerprint density at radius 3 is 2.81 bits per heavy atom. The van der Waals surface area contributed by atoms with Gasteiger partial charge in [0.15, 0.2) is 0 Å². The molecule has 0 radical (unpaired) electrons. The van der Waals surface area contributed by atoms with Crippen molar-refractivity contribution in [1.29, 1.82) is 0 Å². The molecule has 5 nitrogen and oxygen atoms in total. The van der Waals surface area contributed by atoms with Crippen molar-refractivity contribution in [3.05, 3.63) is 59.9 Å². The summed E-state index contributed by atoms with van der Waals surface area (Å²) in [5.41, 5.74) is 1.17. The molecule has 21 heavy (non-hydrogen) atoms. The molecule has 3 aromatic rings. The van der Waals surface area contributed by atoms with Crippen LogP contribution in [0.4, 0.5) is 0 Å². The van der Waals surface area contributed by atoms with Gasteiger partial charge in [-0.1, -0.05) is 30.3 Å². The summed E-state index contributed by atoms with van der Waals surface area (Å²) in [7, 11) is 1.81. The van der Waals surface area contributed by atoms with Gasteiger partial charge in [0, 0.05) is 18.6 Å². The number of carbonyl (C=O) groups is 1. The monoisotopic (exact) mass is 281 g/mol. The first-order valence-corrected chi connectivity index (χ1v) is 6.62. The molecule has 0 bridgehead atoms. The van der Waals surface area contributed by atoms with E-state index in [2.05, 4.69) is 10.4 Å². The number of phenols is 1. The molecule has 0 aliphatic heterocycles. The molecule has 0 spiro atoms. The molecule has 0 aliphatic carbocycles. The molecule has 106 valence electrons. The maximum absolute atomic E-state index is 12.2. The molecule has 0 atom stereocenters. The summed E-state index contributed by atoms with van der Waals surface area (Å²) in [4.78, 5) is 12.2. The van der Waals surface area contributed by atoms with Crippen LogP contribution in [0.25, 0.3) is 10.8 Å². The predicted molar refractivity (Wildman–Crippen MR) is 80.0 cm³/mol. The highest BCUT2D eigenvalue weighted by molar-refractivity contribution is 6.03. The maximum Gasteiger partial charge on any atom is 0.255 e. The largest absolute Gasteiger partial charge is 0.506 e. The topological polar surface area (TPSA) is 67.2 Å². The van der Waals surface area contributed by atoms with Crippen LogP contribution in [0.2, 0.25) is 0 Å². The van der Waals surface area contributed by atoms with E-state index in [0.717, 1.165) is 11.1 Å². The van der Waals surface area contributed by atoms with Crippen LogP contribution in [0.3, 0.4) is 0 Å². The van der Waals surface area contributed by atoms with E-state index in [-0.39, 0.29) is 17.2 Å². The summed E-state index contributed by atoms with van der Waals surface area (Å²) in [5, 5.41) is 18.7. The Kier molecular flexibility index (Phi) is 3.31. The molecule has 3 rings (SSSR count). The quantitative estimate of drug-likeness (QED) is 0.773. The minimum Gasteiger partial charge on any atom is -0.506 e. The molecule has 2 aromatic carbocycles. The molecule has 1 amide bonds. The molecule has 1 heterocycles. The fraction of sp³-hybridized carbons (Fsp3) is 0.125. The molecule has 0 saturated heterocycles. The highest BCUT2D eigenvalue weighted by Crippen LogP contribution is 2.28. The first-order chi connectivity index (χ1) is 10.2. The van der Waals surface area contributed by atoms with Crippen molar-refractivity contribution in [2.45, 2.75) is 6.54 Å². The minimum atomic E-state index is -0.306. The van der Waals surface area contributed by atoms with Gasteiger partial charge in [-0.2, -0.15) is 5.10 Å². The minimum absolute atomic E-state index is 0.00982. The molecular weight excluding hydrogens is 266 g/mol. The van der Waals surface area contributed by atoms with Gasteiger partial charge in [-0.15, -0.1) is 0 Å². The lowest BCUT2D eigenvalue weighted by Crippen LogP contribution is -2.24. The van der Waals surface area contributed by atoms with Gasteiger partial charge in [-0.05, 0) is 17.5 Å². The number of carbonyl (C=O) groups excluding carboxylic acids is 1. The Balaban J connectivity index is 1.85. The number of aromatic nitrogens is 2. The number of aryl methyl sites for hydroxylation is 1. The number of rotatable bonds is 3. The zero-order valence-corrected chi connectivity index (χ0v) is 11.6. The fourth-order valence-corrected chi connectivity index (χ4v) is 2.28. The normalized spacial score (nSPS) is 10.7. The molecule has 2 N–H and O–H groups in total. The Bertz CT molecular complexity index is 808. The molecule has 0 unspecified atom stereocenters. The van der Waals surface area contributed by atoms with Crippen molar-refractivity contribution in [3.8, 4) is 5.75 Å². The second-order valence-corrected chi connectivity index (χ2v) is 4.81. The lowest BCUT2D eigenvalue weighted by atomic mass is 10.0. The second-order valence-electron chi connectivity index (χ2n) is 4.81. The maximum atomic E-state index is 12.2. The number of aromatic hydroxyl groups is 1. The zero-order chi connectivity index (χ0) is 14.8. The van der Waals surface area contributed by atoms with Crippen molar-refractivity contribution in [2.75, 3.05) is 0 Å². The SMILES string of the molecule is Cn1nccc1CNC(=O)c1ccc2ccccc2c1O. The highest BCUT2D eigenvalue weighted by atomic mass is 16.3. The number of nitrogens with one attached hydrogen (secondary N) is 1. The van der Waals surface area contributed by atoms with E-state index in [9.17, 15) is 9.90 Å². The summed E-state index contributed by atoms with van der Waals surface area (Å²) in [6.07, 6.45) is 1.68. The molecular formula is C16H15N3O2. The third-order valence-corrected chi connectivity index (χ3v) is 3.50. The van der Waals surface area contributed by atoms with Gasteiger partial charge in [0.25, 0.3) is 5.91 Å². The number of fused-ring (bicyclic) bond motifs is 1. The summed E-state index contributed by atoms with van der Waals surface area (Å²) >= 11 is 0. The number of benzene rings is 2. The number of hydrogen-bond acceptors (Lipinski definition) is 3. The van der Waals surface area contributed by atoms with Crippen LogP contribution in [0.1, 0.15) is 16.1 Å². The van der Waals surface area contributed by atoms with E-state index >= 15 is 0 Å². The lowest BCUT2D eigenvalue weighted by Gasteiger charge is -2.09. The van der Waals surface area contributed by atoms with E-state index in [1.54, 1.807) is 23.0 Å². The molecule has 5 heteroatoms. The van der Waals surface area contributed by atoms with Crippen LogP contribution in [0.15, 0.2) is 48.7 Å². The Labute approximate surface area is 121 Å². The summed E-state index contributed by atoms with van der Waals surface area (Å²) in [6.45, 7) is 0.363. The van der Waals surface area contributed by atoms with Gasteiger partial charge in [-0.25, -0.2) is 0 Å². The van der Waals surface area contributed by atoms with Gasteiger partial charge in [0.1, 0.15) is 5.75 Å². The van der Waals surface area contributed by atoms with E-state index in [4.69, 9.17) is 0 Å². The first-order valence-electron chi connectivity index (χ1n) is 6.62. The average Bonchev–Trinajstić information content (AvgIpc) is 2.91. The Morgan fingerprint density at radius 1 is 1.24 bits per heavy atom. The summed E-state index contributed by atoms with van der Waals surface area (Å²) in [5.74, 6) is -0.296. The number of phenolic OH excluding ortho intramolecular Hbond substituents is 1. The van der Waals surface area contributed by atoms with Crippen molar-refractivity contribution < 1.29 is 9.90 Å². The third-order valence-electron chi connectivity index (χ3n) is 3.50. The van der Waals surface area contributed by atoms with E-state index in [1.807, 2.05) is 37.4 Å². The van der Waals surface area contributed by atoms with Gasteiger partial charge in [-0.3, -0.25) is 9.48 Å². The number of nitrogens with zero attached hydrogens (tertiary/aromatic N) is 2. The molecule has 1 aromatic heterocycles. The van der Waals surface area contributed by atoms with Crippen molar-refractivity contribution >= 4 is 16.7 Å². The van der Waals surface area contributed by atoms with Crippen molar-refractivity contribution in [3.63, 3.8) is 0 Å². The molecule has 0 fully saturated rings. The van der Waals surface area contributed by atoms with Crippen LogP contribution in [-0.2, 0) is 13.6 Å². The summed E-state index contributed by atoms with van der Waals surface area (Å²) in [6, 6.07) is 12.7. The van der Waals surface area contributed by atoms with Crippen molar-refractivity contribution in [1.82, 2.24) is 15.1 Å². The van der Waals surface area contributed by atoms with E-state index in [1.165, 1.54) is 0 Å². The first kappa shape index (κ1) is 13.2. The summed E-state index contributed by atoms with van der Waals surface area (Å²) < 4.78 is 1.69. The average molecular weight is 281 g/mol. The predicted octanol–water partition coefficient (Wildman–Crippen LogP) is 2.21. The Morgan fingerprint density at radius 2 is 2.05 bits per heavy atom. The van der Waals surface area contributed by atoms with Gasteiger partial charge in [0.2, 0.25) is 0 Å². The number of amides is 1. The van der Waals surface area contributed by atoms with Gasteiger partial charge < -0.3 is 10.4 Å². The Hall–Kier alpha value is -2.82. The second kappa shape index (κ2) is 5.28. The van der Waals surface area contributed by atoms with Crippen LogP contribution in [-0.4, -0.2) is 20.8 Å². The van der Waals surface area contributed by atoms with Crippen LogP contribution in [0.5, 0.6) is 5.75 Å². The van der Waals surface area contributed by atoms with Crippen LogP contribution >= 0.6 is 0 Å². The fourth-order valence-electron chi connectivity index (χ4n) is 2.28. The van der Waals surface area contributed by atoms with Crippen LogP contribution < -0.4 is 5.32 Å². The molecule has 0 saturated carbocycles. The van der Waals surface area contributed by atoms with Gasteiger partial charge >= 0.3 is 0 Å². The zero-order valence-electron chi connectivity index (χ0n) is 11.6. The third kappa shape index (κ3) is 2.45. The number of hydrogen-bond donors (Lipinski definition) is 2. The van der Waals surface area contributed by atoms with Crippen LogP contribution in [0, 0.1) is 0 Å². The standard InChI is InChI=1S/C16H15N3O2/c1-19-12(8-9-18-19)10-17-16(21)14-7-6-11-4-2-3-5-13(11)15(14)20/h2-9,20H,10H2,1H3,(H,17,21). The van der Waals surface area contributed by atoms with E-state index < -0.39 is 0 Å². The lowest BCUT2D eigenvalue weighted by molar-refractivity contribution is 0.0947. The van der Waals surface area contributed by atoms with Crippen molar-refractivity contribution in [2.24, 2.45) is 7.05 Å². The smallest absolute Gasteiger partial charge is 0.255 e. The van der Waals surface area contributed by atoms with E-state index in [0.29, 0.717) is 11.9 Å². The van der Waals surface area contributed by atoms with Gasteiger partial charge in [0.05, 0.1) is 17.8 Å². The highest BCUT2D eigenvalue weighted by Gasteiger charge is 2.13.